The number of halogens is 1. The summed E-state index contributed by atoms with van der Waals surface area (Å²) >= 11 is 0. The van der Waals surface area contributed by atoms with Crippen LogP contribution in [0.15, 0.2) is 42.5 Å². The quantitative estimate of drug-likeness (QED) is 0.872. The molecule has 3 nitrogen and oxygen atoms in total. The van der Waals surface area contributed by atoms with Gasteiger partial charge in [0.25, 0.3) is 5.91 Å². The Kier molecular flexibility index (Phi) is 4.03. The van der Waals surface area contributed by atoms with Gasteiger partial charge in [0.1, 0.15) is 5.82 Å². The predicted octanol–water partition coefficient (Wildman–Crippen LogP) is 3.25. The van der Waals surface area contributed by atoms with Gasteiger partial charge in [-0.1, -0.05) is 19.1 Å². The molecule has 4 heteroatoms. The molecule has 0 atom stereocenters. The lowest BCUT2D eigenvalue weighted by atomic mass is 10.1. The molecule has 20 heavy (non-hydrogen) atoms. The minimum atomic E-state index is -0.475. The number of nitrogen functional groups attached to an aromatic ring is 1. The van der Waals surface area contributed by atoms with E-state index in [-0.39, 0.29) is 17.2 Å². The van der Waals surface area contributed by atoms with Crippen LogP contribution >= 0.6 is 0 Å². The third kappa shape index (κ3) is 2.79. The van der Waals surface area contributed by atoms with Gasteiger partial charge >= 0.3 is 0 Å². The summed E-state index contributed by atoms with van der Waals surface area (Å²) < 4.78 is 13.2. The summed E-state index contributed by atoms with van der Waals surface area (Å²) in [5.41, 5.74) is 8.12. The molecular weight excluding hydrogens is 255 g/mol. The summed E-state index contributed by atoms with van der Waals surface area (Å²) in [6.45, 7) is 2.07. The predicted molar refractivity (Wildman–Crippen MR) is 79.4 cm³/mol. The molecule has 0 spiro atoms. The summed E-state index contributed by atoms with van der Waals surface area (Å²) in [6.07, 6.45) is 0.939. The van der Waals surface area contributed by atoms with Crippen LogP contribution in [0.4, 0.5) is 15.8 Å². The van der Waals surface area contributed by atoms with Crippen LogP contribution in [-0.4, -0.2) is 13.0 Å². The Morgan fingerprint density at radius 2 is 1.85 bits per heavy atom. The number of rotatable bonds is 3. The SMILES string of the molecule is CCc1ccc(N(C)C(=O)c2cc(F)ccc2N)cc1. The van der Waals surface area contributed by atoms with E-state index in [1.807, 2.05) is 24.3 Å². The zero-order valence-corrected chi connectivity index (χ0v) is 11.6. The van der Waals surface area contributed by atoms with E-state index in [1.165, 1.54) is 22.6 Å². The molecule has 0 radical (unpaired) electrons. The zero-order valence-electron chi connectivity index (χ0n) is 11.6. The molecule has 0 aliphatic rings. The first-order chi connectivity index (χ1) is 9.52. The van der Waals surface area contributed by atoms with Gasteiger partial charge in [0.05, 0.1) is 5.56 Å². The van der Waals surface area contributed by atoms with Crippen LogP contribution in [0, 0.1) is 5.82 Å². The standard InChI is InChI=1S/C16H17FN2O/c1-3-11-4-7-13(8-5-11)19(2)16(20)14-10-12(17)6-9-15(14)18/h4-10H,3,18H2,1-2H3. The number of carbonyl (C=O) groups is 1. The molecule has 0 aromatic heterocycles. The van der Waals surface area contributed by atoms with E-state index >= 15 is 0 Å². The highest BCUT2D eigenvalue weighted by molar-refractivity contribution is 6.08. The average molecular weight is 272 g/mol. The van der Waals surface area contributed by atoms with Gasteiger partial charge in [-0.15, -0.1) is 0 Å². The van der Waals surface area contributed by atoms with Crippen LogP contribution < -0.4 is 10.6 Å². The van der Waals surface area contributed by atoms with Crippen molar-refractivity contribution in [3.8, 4) is 0 Å². The van der Waals surface area contributed by atoms with Gasteiger partial charge in [0, 0.05) is 18.4 Å². The fraction of sp³-hybridized carbons (Fsp3) is 0.188. The highest BCUT2D eigenvalue weighted by atomic mass is 19.1. The average Bonchev–Trinajstić information content (AvgIpc) is 2.48. The maximum Gasteiger partial charge on any atom is 0.260 e. The lowest BCUT2D eigenvalue weighted by molar-refractivity contribution is 0.0993. The molecule has 2 aromatic rings. The number of amides is 1. The summed E-state index contributed by atoms with van der Waals surface area (Å²) in [6, 6.07) is 11.5. The van der Waals surface area contributed by atoms with Crippen molar-refractivity contribution in [2.24, 2.45) is 0 Å². The van der Waals surface area contributed by atoms with Gasteiger partial charge in [0.15, 0.2) is 0 Å². The lowest BCUT2D eigenvalue weighted by Gasteiger charge is -2.18. The van der Waals surface area contributed by atoms with Gasteiger partial charge in [0.2, 0.25) is 0 Å². The normalized spacial score (nSPS) is 10.3. The Labute approximate surface area is 117 Å². The molecule has 104 valence electrons. The van der Waals surface area contributed by atoms with Crippen LogP contribution in [0.1, 0.15) is 22.8 Å². The molecule has 0 unspecified atom stereocenters. The van der Waals surface area contributed by atoms with Gasteiger partial charge in [-0.2, -0.15) is 0 Å². The zero-order chi connectivity index (χ0) is 14.7. The van der Waals surface area contributed by atoms with E-state index < -0.39 is 5.82 Å². The Bertz CT molecular complexity index is 623. The maximum absolute atomic E-state index is 13.2. The topological polar surface area (TPSA) is 46.3 Å². The summed E-state index contributed by atoms with van der Waals surface area (Å²) in [5.74, 6) is -0.802. The lowest BCUT2D eigenvalue weighted by Crippen LogP contribution is -2.27. The first kappa shape index (κ1) is 14.1. The molecule has 0 fully saturated rings. The van der Waals surface area contributed by atoms with Crippen LogP contribution in [0.5, 0.6) is 0 Å². The van der Waals surface area contributed by atoms with Crippen LogP contribution in [0.3, 0.4) is 0 Å². The van der Waals surface area contributed by atoms with Crippen molar-refractivity contribution in [1.82, 2.24) is 0 Å². The fourth-order valence-corrected chi connectivity index (χ4v) is 1.97. The number of carbonyl (C=O) groups excluding carboxylic acids is 1. The number of hydrogen-bond acceptors (Lipinski definition) is 2. The number of hydrogen-bond donors (Lipinski definition) is 1. The molecule has 0 bridgehead atoms. The number of anilines is 2. The minimum absolute atomic E-state index is 0.173. The molecule has 0 aliphatic heterocycles. The highest BCUT2D eigenvalue weighted by Gasteiger charge is 2.16. The van der Waals surface area contributed by atoms with Crippen LogP contribution in [0.2, 0.25) is 0 Å². The third-order valence-corrected chi connectivity index (χ3v) is 3.28. The third-order valence-electron chi connectivity index (χ3n) is 3.28. The second kappa shape index (κ2) is 5.74. The first-order valence-corrected chi connectivity index (χ1v) is 6.45. The second-order valence-corrected chi connectivity index (χ2v) is 4.62. The number of aryl methyl sites for hydroxylation is 1. The van der Waals surface area contributed by atoms with Crippen LogP contribution in [-0.2, 0) is 6.42 Å². The highest BCUT2D eigenvalue weighted by Crippen LogP contribution is 2.20. The van der Waals surface area contributed by atoms with Crippen molar-refractivity contribution >= 4 is 17.3 Å². The molecule has 0 aliphatic carbocycles. The van der Waals surface area contributed by atoms with E-state index in [2.05, 4.69) is 6.92 Å². The molecule has 2 rings (SSSR count). The Morgan fingerprint density at radius 1 is 1.20 bits per heavy atom. The van der Waals surface area contributed by atoms with Crippen molar-refractivity contribution in [3.05, 3.63) is 59.4 Å². The summed E-state index contributed by atoms with van der Waals surface area (Å²) in [5, 5.41) is 0. The number of nitrogens with two attached hydrogens (primary N) is 1. The molecular formula is C16H17FN2O. The molecule has 2 aromatic carbocycles. The monoisotopic (exact) mass is 272 g/mol. The van der Waals surface area contributed by atoms with Crippen molar-refractivity contribution in [3.63, 3.8) is 0 Å². The Balaban J connectivity index is 2.29. The first-order valence-electron chi connectivity index (χ1n) is 6.45. The van der Waals surface area contributed by atoms with E-state index in [1.54, 1.807) is 7.05 Å². The largest absolute Gasteiger partial charge is 0.398 e. The van der Waals surface area contributed by atoms with E-state index in [4.69, 9.17) is 5.73 Å². The van der Waals surface area contributed by atoms with E-state index in [9.17, 15) is 9.18 Å². The fourth-order valence-electron chi connectivity index (χ4n) is 1.97. The second-order valence-electron chi connectivity index (χ2n) is 4.62. The van der Waals surface area contributed by atoms with Gasteiger partial charge in [-0.25, -0.2) is 4.39 Å². The number of nitrogens with zero attached hydrogens (tertiary/aromatic N) is 1. The summed E-state index contributed by atoms with van der Waals surface area (Å²) in [7, 11) is 1.65. The number of benzene rings is 2. The van der Waals surface area contributed by atoms with Crippen LogP contribution in [0.25, 0.3) is 0 Å². The van der Waals surface area contributed by atoms with Crippen molar-refractivity contribution in [2.75, 3.05) is 17.7 Å². The van der Waals surface area contributed by atoms with E-state index in [0.717, 1.165) is 18.2 Å². The van der Waals surface area contributed by atoms with Crippen molar-refractivity contribution in [2.45, 2.75) is 13.3 Å². The minimum Gasteiger partial charge on any atom is -0.398 e. The van der Waals surface area contributed by atoms with E-state index in [0.29, 0.717) is 0 Å². The van der Waals surface area contributed by atoms with Gasteiger partial charge < -0.3 is 10.6 Å². The molecule has 2 N–H and O–H groups in total. The van der Waals surface area contributed by atoms with Crippen molar-refractivity contribution in [1.29, 1.82) is 0 Å². The van der Waals surface area contributed by atoms with Crippen molar-refractivity contribution < 1.29 is 9.18 Å². The Hall–Kier alpha value is -2.36. The summed E-state index contributed by atoms with van der Waals surface area (Å²) in [4.78, 5) is 13.8. The Morgan fingerprint density at radius 3 is 2.45 bits per heavy atom. The molecule has 0 heterocycles. The molecule has 0 saturated heterocycles. The van der Waals surface area contributed by atoms with Gasteiger partial charge in [-0.3, -0.25) is 4.79 Å². The smallest absolute Gasteiger partial charge is 0.260 e. The maximum atomic E-state index is 13.2. The van der Waals surface area contributed by atoms with Gasteiger partial charge in [-0.05, 0) is 42.3 Å². The molecule has 0 saturated carbocycles. The molecule has 1 amide bonds.